The van der Waals surface area contributed by atoms with E-state index in [-0.39, 0.29) is 11.4 Å². The van der Waals surface area contributed by atoms with Crippen LogP contribution in [-0.2, 0) is 18.5 Å². The van der Waals surface area contributed by atoms with Crippen LogP contribution in [0.3, 0.4) is 0 Å². The summed E-state index contributed by atoms with van der Waals surface area (Å²) < 4.78 is 3.00. The van der Waals surface area contributed by atoms with E-state index in [4.69, 9.17) is 0 Å². The highest BCUT2D eigenvalue weighted by Crippen LogP contribution is 2.30. The van der Waals surface area contributed by atoms with Crippen LogP contribution in [0, 0.1) is 0 Å². The Kier molecular flexibility index (Phi) is 6.19. The minimum atomic E-state index is -1.08. The summed E-state index contributed by atoms with van der Waals surface area (Å²) in [7, 11) is 0. The molecule has 0 saturated carbocycles. The first-order valence-corrected chi connectivity index (χ1v) is 11.2. The van der Waals surface area contributed by atoms with Crippen molar-refractivity contribution in [2.24, 2.45) is 0 Å². The van der Waals surface area contributed by atoms with Crippen LogP contribution in [0.1, 0.15) is 55.9 Å². The Balaban J connectivity index is 1.73. The Morgan fingerprint density at radius 1 is 1.06 bits per heavy atom. The SMILES string of the molecule is CCCc1c(C(=O)O)n(C(C)(C)C)c(=O)n1Cc1ccc(-c2ccccc2-c2nn[nH]n2)cc1. The lowest BCUT2D eigenvalue weighted by molar-refractivity contribution is 0.0676. The zero-order chi connectivity index (χ0) is 24.5. The lowest BCUT2D eigenvalue weighted by atomic mass is 9.98. The molecular formula is C25H28N6O3. The number of carbonyl (C=O) groups is 1. The first kappa shape index (κ1) is 23.2. The fraction of sp³-hybridized carbons (Fsp3) is 0.320. The van der Waals surface area contributed by atoms with Crippen LogP contribution < -0.4 is 5.69 Å². The van der Waals surface area contributed by atoms with E-state index >= 15 is 0 Å². The monoisotopic (exact) mass is 460 g/mol. The number of nitrogens with zero attached hydrogens (tertiary/aromatic N) is 5. The lowest BCUT2D eigenvalue weighted by Crippen LogP contribution is -2.37. The number of carboxylic acid groups (broad SMARTS) is 1. The molecule has 0 unspecified atom stereocenters. The quantitative estimate of drug-likeness (QED) is 0.431. The highest BCUT2D eigenvalue weighted by atomic mass is 16.4. The van der Waals surface area contributed by atoms with Crippen LogP contribution in [0.4, 0.5) is 0 Å². The van der Waals surface area contributed by atoms with Crippen LogP contribution in [-0.4, -0.2) is 40.8 Å². The van der Waals surface area contributed by atoms with Crippen molar-refractivity contribution in [3.8, 4) is 22.5 Å². The predicted molar refractivity (Wildman–Crippen MR) is 129 cm³/mol. The summed E-state index contributed by atoms with van der Waals surface area (Å²) in [4.78, 5) is 25.5. The van der Waals surface area contributed by atoms with Gasteiger partial charge in [-0.1, -0.05) is 61.9 Å². The van der Waals surface area contributed by atoms with Crippen molar-refractivity contribution in [2.45, 2.75) is 52.6 Å². The van der Waals surface area contributed by atoms with Gasteiger partial charge in [0.25, 0.3) is 0 Å². The standard InChI is InChI=1S/C25H28N6O3/c1-5-8-20-21(23(32)33)31(25(2,3)4)24(34)30(20)15-16-11-13-17(14-12-16)18-9-6-7-10-19(18)22-26-28-29-27-22/h6-7,9-14H,5,8,15H2,1-4H3,(H,32,33)(H,26,27,28,29). The first-order chi connectivity index (χ1) is 16.2. The number of nitrogens with one attached hydrogen (secondary N) is 1. The van der Waals surface area contributed by atoms with E-state index in [2.05, 4.69) is 20.6 Å². The largest absolute Gasteiger partial charge is 0.477 e. The molecule has 4 aromatic rings. The molecule has 0 aliphatic carbocycles. The topological polar surface area (TPSA) is 119 Å². The number of rotatable bonds is 7. The average Bonchev–Trinajstić information content (AvgIpc) is 3.42. The third-order valence-electron chi connectivity index (χ3n) is 5.72. The fourth-order valence-electron chi connectivity index (χ4n) is 4.26. The second-order valence-electron chi connectivity index (χ2n) is 9.20. The van der Waals surface area contributed by atoms with E-state index in [1.165, 1.54) is 4.57 Å². The number of tetrazole rings is 1. The number of aromatic carboxylic acids is 1. The molecule has 9 nitrogen and oxygen atoms in total. The number of hydrogen-bond acceptors (Lipinski definition) is 5. The minimum absolute atomic E-state index is 0.0741. The molecule has 0 spiro atoms. The molecule has 2 N–H and O–H groups in total. The number of benzene rings is 2. The van der Waals surface area contributed by atoms with E-state index in [1.807, 2.05) is 76.2 Å². The summed E-state index contributed by atoms with van der Waals surface area (Å²) in [5.74, 6) is -0.567. The Morgan fingerprint density at radius 3 is 2.29 bits per heavy atom. The van der Waals surface area contributed by atoms with E-state index in [0.717, 1.165) is 28.7 Å². The summed E-state index contributed by atoms with van der Waals surface area (Å²) >= 11 is 0. The van der Waals surface area contributed by atoms with Crippen LogP contribution >= 0.6 is 0 Å². The number of aromatic amines is 1. The van der Waals surface area contributed by atoms with Crippen LogP contribution in [0.15, 0.2) is 53.3 Å². The summed E-state index contributed by atoms with van der Waals surface area (Å²) in [6.07, 6.45) is 1.25. The maximum Gasteiger partial charge on any atom is 0.354 e. The van der Waals surface area contributed by atoms with Gasteiger partial charge >= 0.3 is 11.7 Å². The Labute approximate surface area is 197 Å². The number of hydrogen-bond donors (Lipinski definition) is 2. The zero-order valence-corrected chi connectivity index (χ0v) is 19.7. The third kappa shape index (κ3) is 4.28. The molecular weight excluding hydrogens is 432 g/mol. The van der Waals surface area contributed by atoms with Crippen LogP contribution in [0.2, 0.25) is 0 Å². The maximum atomic E-state index is 13.3. The molecule has 2 heterocycles. The van der Waals surface area contributed by atoms with Crippen molar-refractivity contribution in [1.29, 1.82) is 0 Å². The highest BCUT2D eigenvalue weighted by molar-refractivity contribution is 5.87. The molecule has 2 aromatic carbocycles. The number of imidazole rings is 1. The second kappa shape index (κ2) is 9.09. The Morgan fingerprint density at radius 2 is 1.74 bits per heavy atom. The van der Waals surface area contributed by atoms with E-state index in [0.29, 0.717) is 24.5 Å². The average molecular weight is 461 g/mol. The van der Waals surface area contributed by atoms with Gasteiger partial charge in [0.1, 0.15) is 0 Å². The molecule has 0 aliphatic heterocycles. The Bertz CT molecular complexity index is 1360. The van der Waals surface area contributed by atoms with E-state index < -0.39 is 11.5 Å². The Hall–Kier alpha value is -4.01. The van der Waals surface area contributed by atoms with Crippen molar-refractivity contribution >= 4 is 5.97 Å². The molecule has 4 rings (SSSR count). The van der Waals surface area contributed by atoms with Crippen molar-refractivity contribution in [1.82, 2.24) is 29.8 Å². The molecule has 0 aliphatic rings. The van der Waals surface area contributed by atoms with E-state index in [9.17, 15) is 14.7 Å². The third-order valence-corrected chi connectivity index (χ3v) is 5.72. The molecule has 0 amide bonds. The molecule has 34 heavy (non-hydrogen) atoms. The number of carboxylic acids is 1. The van der Waals surface area contributed by atoms with Crippen LogP contribution in [0.25, 0.3) is 22.5 Å². The number of H-pyrrole nitrogens is 1. The summed E-state index contributed by atoms with van der Waals surface area (Å²) in [6.45, 7) is 7.81. The van der Waals surface area contributed by atoms with Gasteiger partial charge in [-0.25, -0.2) is 9.59 Å². The van der Waals surface area contributed by atoms with E-state index in [1.54, 1.807) is 4.57 Å². The molecule has 0 bridgehead atoms. The lowest BCUT2D eigenvalue weighted by Gasteiger charge is -2.21. The minimum Gasteiger partial charge on any atom is -0.477 e. The maximum absolute atomic E-state index is 13.3. The van der Waals surface area contributed by atoms with Crippen molar-refractivity contribution in [2.75, 3.05) is 0 Å². The van der Waals surface area contributed by atoms with Crippen molar-refractivity contribution < 1.29 is 9.90 Å². The van der Waals surface area contributed by atoms with Gasteiger partial charge in [0.2, 0.25) is 5.82 Å². The van der Waals surface area contributed by atoms with Gasteiger partial charge in [-0.2, -0.15) is 5.21 Å². The zero-order valence-electron chi connectivity index (χ0n) is 19.7. The molecule has 0 atom stereocenters. The highest BCUT2D eigenvalue weighted by Gasteiger charge is 2.30. The van der Waals surface area contributed by atoms with Crippen LogP contribution in [0.5, 0.6) is 0 Å². The fourth-order valence-corrected chi connectivity index (χ4v) is 4.26. The van der Waals surface area contributed by atoms with Gasteiger partial charge in [0.05, 0.1) is 12.2 Å². The molecule has 0 fully saturated rings. The molecule has 0 radical (unpaired) electrons. The van der Waals surface area contributed by atoms with Gasteiger partial charge < -0.3 is 5.11 Å². The smallest absolute Gasteiger partial charge is 0.354 e. The summed E-state index contributed by atoms with van der Waals surface area (Å²) in [6, 6.07) is 15.7. The molecule has 9 heteroatoms. The molecule has 2 aromatic heterocycles. The van der Waals surface area contributed by atoms with Crippen molar-refractivity contribution in [3.05, 3.63) is 76.0 Å². The summed E-state index contributed by atoms with van der Waals surface area (Å²) in [5.41, 5.74) is 3.38. The summed E-state index contributed by atoms with van der Waals surface area (Å²) in [5, 5.41) is 24.2. The van der Waals surface area contributed by atoms with Gasteiger partial charge in [-0.05, 0) is 49.1 Å². The van der Waals surface area contributed by atoms with Gasteiger partial charge in [0.15, 0.2) is 5.69 Å². The predicted octanol–water partition coefficient (Wildman–Crippen LogP) is 3.95. The van der Waals surface area contributed by atoms with Crippen molar-refractivity contribution in [3.63, 3.8) is 0 Å². The molecule has 0 saturated heterocycles. The first-order valence-electron chi connectivity index (χ1n) is 11.2. The van der Waals surface area contributed by atoms with Gasteiger partial charge in [0, 0.05) is 11.1 Å². The molecule has 176 valence electrons. The second-order valence-corrected chi connectivity index (χ2v) is 9.20. The normalized spacial score (nSPS) is 11.6. The van der Waals surface area contributed by atoms with Gasteiger partial charge in [-0.3, -0.25) is 9.13 Å². The van der Waals surface area contributed by atoms with Gasteiger partial charge in [-0.15, -0.1) is 10.2 Å². The number of aromatic nitrogens is 6.